The first-order valence-electron chi connectivity index (χ1n) is 13.4. The second kappa shape index (κ2) is 16.3. The number of benzene rings is 1. The van der Waals surface area contributed by atoms with Gasteiger partial charge in [-0.3, -0.25) is 4.72 Å². The van der Waals surface area contributed by atoms with Crippen molar-refractivity contribution in [2.75, 3.05) is 64.8 Å². The Bertz CT molecular complexity index is 651. The Morgan fingerprint density at radius 2 is 1.59 bits per heavy atom. The van der Waals surface area contributed by atoms with E-state index >= 15 is 0 Å². The molecule has 1 saturated heterocycles. The topological polar surface area (TPSA) is 56.8 Å². The zero-order chi connectivity index (χ0) is 24.0. The highest BCUT2D eigenvalue weighted by Gasteiger charge is 2.18. The fourth-order valence-electron chi connectivity index (χ4n) is 4.92. The second-order valence-corrected chi connectivity index (χ2v) is 12.3. The van der Waals surface area contributed by atoms with Gasteiger partial charge in [0.05, 0.1) is 11.4 Å². The van der Waals surface area contributed by atoms with Crippen LogP contribution < -0.4 is 14.3 Å². The Morgan fingerprint density at radius 3 is 2.26 bits per heavy atom. The molecule has 1 heterocycles. The van der Waals surface area contributed by atoms with Gasteiger partial charge in [-0.25, -0.2) is 4.31 Å². The van der Waals surface area contributed by atoms with Crippen molar-refractivity contribution in [2.24, 2.45) is 5.92 Å². The number of hydrogen-bond acceptors (Lipinski definition) is 7. The molecule has 0 bridgehead atoms. The van der Waals surface area contributed by atoms with E-state index < -0.39 is 11.4 Å². The van der Waals surface area contributed by atoms with Gasteiger partial charge in [0.25, 0.3) is 0 Å². The highest BCUT2D eigenvalue weighted by atomic mass is 32.2. The van der Waals surface area contributed by atoms with Crippen molar-refractivity contribution < 1.29 is 4.55 Å². The summed E-state index contributed by atoms with van der Waals surface area (Å²) >= 11 is 0.687. The van der Waals surface area contributed by atoms with Gasteiger partial charge in [-0.05, 0) is 81.8 Å². The molecule has 2 aliphatic rings. The maximum absolute atomic E-state index is 12.6. The fourth-order valence-corrected chi connectivity index (χ4v) is 6.65. The van der Waals surface area contributed by atoms with Crippen LogP contribution in [0.3, 0.4) is 0 Å². The highest BCUT2D eigenvalue weighted by molar-refractivity contribution is 7.95. The summed E-state index contributed by atoms with van der Waals surface area (Å²) in [5.74, 6) is 0.863. The lowest BCUT2D eigenvalue weighted by Gasteiger charge is -2.30. The van der Waals surface area contributed by atoms with Gasteiger partial charge in [0, 0.05) is 64.6 Å². The summed E-state index contributed by atoms with van der Waals surface area (Å²) in [4.78, 5) is 5.57. The minimum Gasteiger partial charge on any atom is -0.593 e. The molecule has 1 unspecified atom stereocenters. The highest BCUT2D eigenvalue weighted by Crippen LogP contribution is 2.24. The van der Waals surface area contributed by atoms with E-state index in [0.29, 0.717) is 0 Å². The van der Waals surface area contributed by atoms with Gasteiger partial charge >= 0.3 is 0 Å². The van der Waals surface area contributed by atoms with E-state index in [2.05, 4.69) is 23.5 Å². The van der Waals surface area contributed by atoms with E-state index in [4.69, 9.17) is 0 Å². The van der Waals surface area contributed by atoms with E-state index in [-0.39, 0.29) is 0 Å². The lowest BCUT2D eigenvalue weighted by Crippen LogP contribution is -2.35. The summed E-state index contributed by atoms with van der Waals surface area (Å²) < 4.78 is 21.9. The summed E-state index contributed by atoms with van der Waals surface area (Å²) in [7, 11) is 4.04. The molecule has 1 aromatic rings. The first kappa shape index (κ1) is 28.1. The van der Waals surface area contributed by atoms with Crippen molar-refractivity contribution in [2.45, 2.75) is 69.1 Å². The monoisotopic (exact) mass is 509 g/mol. The average Bonchev–Trinajstić information content (AvgIpc) is 2.87. The molecule has 3 rings (SSSR count). The fraction of sp³-hybridized carbons (Fsp3) is 0.769. The first-order chi connectivity index (χ1) is 16.6. The van der Waals surface area contributed by atoms with Crippen LogP contribution in [-0.2, 0) is 11.4 Å². The summed E-state index contributed by atoms with van der Waals surface area (Å²) in [6, 6.07) is 7.97. The number of nitrogens with one attached hydrogen (secondary N) is 2. The molecule has 1 aliphatic carbocycles. The smallest absolute Gasteiger partial charge is 0.174 e. The van der Waals surface area contributed by atoms with Crippen LogP contribution in [0.15, 0.2) is 29.2 Å². The van der Waals surface area contributed by atoms with E-state index in [1.807, 2.05) is 50.5 Å². The molecule has 1 saturated carbocycles. The Kier molecular flexibility index (Phi) is 13.5. The largest absolute Gasteiger partial charge is 0.593 e. The molecule has 2 fully saturated rings. The molecule has 1 atom stereocenters. The molecule has 2 N–H and O–H groups in total. The van der Waals surface area contributed by atoms with Crippen molar-refractivity contribution in [1.29, 1.82) is 0 Å². The van der Waals surface area contributed by atoms with Crippen LogP contribution in [0, 0.1) is 5.92 Å². The Hall–Kier alpha value is -0.480. The Morgan fingerprint density at radius 1 is 0.941 bits per heavy atom. The number of nitrogens with zero attached hydrogens (tertiary/aromatic N) is 3. The molecular formula is C26H47N5OS2. The molecule has 194 valence electrons. The SMILES string of the molecule is CN(C)c1ccc([S+]([O-])NCCCN(CCCNSN2CCCCC2)CC2CCCCC2)cc1. The number of rotatable bonds is 15. The average molecular weight is 510 g/mol. The lowest BCUT2D eigenvalue weighted by molar-refractivity contribution is 0.198. The standard InChI is InChI=1S/C26H47N5OS2/c1-29(2)25-13-15-26(16-14-25)34(32)28-18-10-20-30(23-24-11-5-3-6-12-24)19-9-17-27-33-31-21-7-4-8-22-31/h13-16,24,27-28H,3-12,17-23H2,1-2H3. The van der Waals surface area contributed by atoms with E-state index in [9.17, 15) is 4.55 Å². The number of piperidine rings is 1. The minimum atomic E-state index is -1.14. The molecule has 1 aromatic carbocycles. The van der Waals surface area contributed by atoms with Crippen LogP contribution in [0.2, 0.25) is 0 Å². The Balaban J connectivity index is 1.35. The molecule has 0 radical (unpaired) electrons. The summed E-state index contributed by atoms with van der Waals surface area (Å²) in [5, 5.41) is 0. The summed E-state index contributed by atoms with van der Waals surface area (Å²) in [6.45, 7) is 7.76. The number of hydrogen-bond donors (Lipinski definition) is 2. The zero-order valence-corrected chi connectivity index (χ0v) is 23.1. The van der Waals surface area contributed by atoms with E-state index in [1.54, 1.807) is 0 Å². The van der Waals surface area contributed by atoms with Crippen molar-refractivity contribution in [1.82, 2.24) is 18.6 Å². The van der Waals surface area contributed by atoms with Gasteiger partial charge in [-0.2, -0.15) is 0 Å². The second-order valence-electron chi connectivity index (χ2n) is 10.0. The molecular weight excluding hydrogens is 462 g/mol. The molecule has 0 amide bonds. The van der Waals surface area contributed by atoms with Crippen LogP contribution in [0.1, 0.15) is 64.2 Å². The minimum absolute atomic E-state index is 0.784. The molecule has 1 aliphatic heterocycles. The predicted octanol–water partition coefficient (Wildman–Crippen LogP) is 4.67. The van der Waals surface area contributed by atoms with Crippen LogP contribution in [-0.4, -0.2) is 73.7 Å². The maximum atomic E-state index is 12.6. The van der Waals surface area contributed by atoms with Gasteiger partial charge in [0.1, 0.15) is 0 Å². The summed E-state index contributed by atoms with van der Waals surface area (Å²) in [6.07, 6.45) is 13.3. The van der Waals surface area contributed by atoms with Crippen LogP contribution in [0.5, 0.6) is 0 Å². The van der Waals surface area contributed by atoms with Crippen LogP contribution in [0.25, 0.3) is 0 Å². The molecule has 34 heavy (non-hydrogen) atoms. The van der Waals surface area contributed by atoms with Crippen LogP contribution in [0.4, 0.5) is 5.69 Å². The molecule has 0 aromatic heterocycles. The van der Waals surface area contributed by atoms with E-state index in [1.165, 1.54) is 77.4 Å². The van der Waals surface area contributed by atoms with Gasteiger partial charge in [-0.15, -0.1) is 4.72 Å². The van der Waals surface area contributed by atoms with Crippen molar-refractivity contribution in [3.63, 3.8) is 0 Å². The third-order valence-electron chi connectivity index (χ3n) is 6.95. The number of anilines is 1. The van der Waals surface area contributed by atoms with E-state index in [0.717, 1.165) is 49.1 Å². The maximum Gasteiger partial charge on any atom is 0.174 e. The zero-order valence-electron chi connectivity index (χ0n) is 21.5. The Labute approximate surface area is 216 Å². The third kappa shape index (κ3) is 10.6. The van der Waals surface area contributed by atoms with Crippen LogP contribution >= 0.6 is 12.1 Å². The first-order valence-corrected chi connectivity index (χ1v) is 15.3. The molecule has 8 heteroatoms. The van der Waals surface area contributed by atoms with Crippen molar-refractivity contribution >= 4 is 29.2 Å². The van der Waals surface area contributed by atoms with Gasteiger partial charge in [-0.1, -0.05) is 25.7 Å². The lowest BCUT2D eigenvalue weighted by atomic mass is 9.89. The predicted molar refractivity (Wildman–Crippen MR) is 148 cm³/mol. The van der Waals surface area contributed by atoms with Gasteiger partial charge in [0.2, 0.25) is 0 Å². The molecule has 0 spiro atoms. The van der Waals surface area contributed by atoms with Gasteiger partial charge in [0.15, 0.2) is 4.90 Å². The van der Waals surface area contributed by atoms with Crippen molar-refractivity contribution in [3.05, 3.63) is 24.3 Å². The van der Waals surface area contributed by atoms with Gasteiger partial charge < -0.3 is 14.4 Å². The quantitative estimate of drug-likeness (QED) is 0.202. The molecule has 6 nitrogen and oxygen atoms in total. The van der Waals surface area contributed by atoms with Crippen molar-refractivity contribution in [3.8, 4) is 0 Å². The third-order valence-corrected chi connectivity index (χ3v) is 9.08. The normalized spacial score (nSPS) is 18.9. The summed E-state index contributed by atoms with van der Waals surface area (Å²) in [5.41, 5.74) is 1.13.